The molecule has 1 aromatic heterocycles. The Labute approximate surface area is 194 Å². The Balaban J connectivity index is 1.64. The number of hydrogen-bond acceptors (Lipinski definition) is 3. The molecule has 1 aliphatic heterocycles. The Morgan fingerprint density at radius 2 is 1.72 bits per heavy atom. The van der Waals surface area contributed by atoms with E-state index in [9.17, 15) is 0 Å². The highest BCUT2D eigenvalue weighted by molar-refractivity contribution is 7.18. The van der Waals surface area contributed by atoms with E-state index in [2.05, 4.69) is 120 Å². The van der Waals surface area contributed by atoms with Gasteiger partial charge in [-0.3, -0.25) is 0 Å². The number of rotatable bonds is 6. The summed E-state index contributed by atoms with van der Waals surface area (Å²) in [4.78, 5) is 4.97. The van der Waals surface area contributed by atoms with Crippen molar-refractivity contribution in [2.24, 2.45) is 7.05 Å². The van der Waals surface area contributed by atoms with E-state index in [1.807, 2.05) is 11.3 Å². The molecule has 2 aliphatic rings. The maximum Gasteiger partial charge on any atom is 0.242 e. The summed E-state index contributed by atoms with van der Waals surface area (Å²) < 4.78 is 3.71. The van der Waals surface area contributed by atoms with Crippen LogP contribution in [0.25, 0.3) is 10.2 Å². The summed E-state index contributed by atoms with van der Waals surface area (Å²) in [6.07, 6.45) is 12.4. The normalized spacial score (nSPS) is 17.7. The summed E-state index contributed by atoms with van der Waals surface area (Å²) in [5.41, 5.74) is 5.35. The lowest BCUT2D eigenvalue weighted by molar-refractivity contribution is -0.647. The fourth-order valence-corrected chi connectivity index (χ4v) is 5.97. The summed E-state index contributed by atoms with van der Waals surface area (Å²) >= 11 is 1.91. The molecule has 2 heterocycles. The number of nitrogens with zero attached hydrogens (tertiary/aromatic N) is 3. The third kappa shape index (κ3) is 3.59. The van der Waals surface area contributed by atoms with E-state index < -0.39 is 0 Å². The molecule has 0 amide bonds. The van der Waals surface area contributed by atoms with Gasteiger partial charge in [0.2, 0.25) is 10.5 Å². The molecule has 0 bridgehead atoms. The van der Waals surface area contributed by atoms with Crippen LogP contribution in [0.4, 0.5) is 5.69 Å². The van der Waals surface area contributed by atoms with Gasteiger partial charge in [0, 0.05) is 24.8 Å². The molecule has 3 nitrogen and oxygen atoms in total. The number of aromatic nitrogens is 1. The van der Waals surface area contributed by atoms with Crippen LogP contribution in [0.3, 0.4) is 0 Å². The lowest BCUT2D eigenvalue weighted by Gasteiger charge is -2.43. The fourth-order valence-electron chi connectivity index (χ4n) is 4.80. The molecule has 0 N–H and O–H groups in total. The second-order valence-corrected chi connectivity index (χ2v) is 9.36. The van der Waals surface area contributed by atoms with E-state index in [1.165, 1.54) is 37.9 Å². The van der Waals surface area contributed by atoms with Crippen LogP contribution in [-0.4, -0.2) is 24.0 Å². The van der Waals surface area contributed by atoms with Gasteiger partial charge in [0.25, 0.3) is 0 Å². The predicted molar refractivity (Wildman–Crippen MR) is 136 cm³/mol. The molecule has 32 heavy (non-hydrogen) atoms. The second-order valence-electron chi connectivity index (χ2n) is 8.25. The van der Waals surface area contributed by atoms with Crippen molar-refractivity contribution in [1.29, 1.82) is 0 Å². The summed E-state index contributed by atoms with van der Waals surface area (Å²) in [6.45, 7) is 6.46. The Morgan fingerprint density at radius 1 is 0.969 bits per heavy atom. The van der Waals surface area contributed by atoms with Crippen molar-refractivity contribution < 1.29 is 4.57 Å². The van der Waals surface area contributed by atoms with Crippen LogP contribution in [0.5, 0.6) is 0 Å². The van der Waals surface area contributed by atoms with Crippen LogP contribution in [0, 0.1) is 0 Å². The zero-order valence-corrected chi connectivity index (χ0v) is 19.8. The fraction of sp³-hybridized carbons (Fsp3) is 0.250. The van der Waals surface area contributed by atoms with E-state index in [1.54, 1.807) is 0 Å². The average Bonchev–Trinajstić information content (AvgIpc) is 3.16. The molecular weight excluding hydrogens is 410 g/mol. The third-order valence-corrected chi connectivity index (χ3v) is 7.71. The highest BCUT2D eigenvalue weighted by Gasteiger charge is 2.33. The van der Waals surface area contributed by atoms with Gasteiger partial charge >= 0.3 is 0 Å². The minimum Gasteiger partial charge on any atom is -0.359 e. The minimum atomic E-state index is 0.206. The van der Waals surface area contributed by atoms with Crippen molar-refractivity contribution in [3.63, 3.8) is 0 Å². The highest BCUT2D eigenvalue weighted by Crippen LogP contribution is 2.37. The first-order chi connectivity index (χ1) is 15.7. The SMILES string of the molecule is CCN(CC)C1=CC(Cc2sc3ccccc3[n+]2C)=C2C=CC=CC2N1c1ccccc1. The Bertz CT molecular complexity index is 1240. The van der Waals surface area contributed by atoms with Gasteiger partial charge in [-0.2, -0.15) is 4.57 Å². The minimum absolute atomic E-state index is 0.206. The molecule has 0 saturated heterocycles. The van der Waals surface area contributed by atoms with E-state index in [-0.39, 0.29) is 6.04 Å². The molecule has 2 aromatic carbocycles. The molecule has 0 spiro atoms. The third-order valence-electron chi connectivity index (χ3n) is 6.49. The zero-order chi connectivity index (χ0) is 22.1. The van der Waals surface area contributed by atoms with Crippen LogP contribution < -0.4 is 9.47 Å². The van der Waals surface area contributed by atoms with Crippen molar-refractivity contribution in [3.8, 4) is 0 Å². The maximum atomic E-state index is 2.50. The molecule has 1 aliphatic carbocycles. The summed E-state index contributed by atoms with van der Waals surface area (Å²) in [6, 6.07) is 19.7. The molecule has 0 saturated carbocycles. The Morgan fingerprint density at radius 3 is 2.47 bits per heavy atom. The van der Waals surface area contributed by atoms with Crippen molar-refractivity contribution >= 4 is 27.2 Å². The van der Waals surface area contributed by atoms with Gasteiger partial charge in [0.15, 0.2) is 0 Å². The van der Waals surface area contributed by atoms with Crippen molar-refractivity contribution in [1.82, 2.24) is 4.90 Å². The number of allylic oxidation sites excluding steroid dienone is 4. The lowest BCUT2D eigenvalue weighted by Crippen LogP contribution is -2.45. The van der Waals surface area contributed by atoms with Gasteiger partial charge in [-0.05, 0) is 49.3 Å². The second kappa shape index (κ2) is 8.79. The van der Waals surface area contributed by atoms with Crippen LogP contribution in [-0.2, 0) is 13.5 Å². The van der Waals surface area contributed by atoms with Gasteiger partial charge in [-0.15, -0.1) is 0 Å². The number of para-hydroxylation sites is 2. The highest BCUT2D eigenvalue weighted by atomic mass is 32.1. The van der Waals surface area contributed by atoms with Gasteiger partial charge in [-0.1, -0.05) is 66.0 Å². The van der Waals surface area contributed by atoms with Crippen LogP contribution in [0.15, 0.2) is 102 Å². The van der Waals surface area contributed by atoms with Crippen LogP contribution in [0.2, 0.25) is 0 Å². The van der Waals surface area contributed by atoms with E-state index in [0.29, 0.717) is 0 Å². The average molecular weight is 441 g/mol. The first-order valence-electron chi connectivity index (χ1n) is 11.5. The monoisotopic (exact) mass is 440 g/mol. The number of hydrogen-bond donors (Lipinski definition) is 0. The van der Waals surface area contributed by atoms with Gasteiger partial charge in [0.1, 0.15) is 17.6 Å². The van der Waals surface area contributed by atoms with Gasteiger partial charge in [-0.25, -0.2) is 0 Å². The number of anilines is 1. The van der Waals surface area contributed by atoms with Crippen molar-refractivity contribution in [3.05, 3.63) is 107 Å². The van der Waals surface area contributed by atoms with Crippen molar-refractivity contribution in [2.45, 2.75) is 26.3 Å². The quantitative estimate of drug-likeness (QED) is 0.451. The number of thiazole rings is 1. The van der Waals surface area contributed by atoms with Crippen molar-refractivity contribution in [2.75, 3.05) is 18.0 Å². The topological polar surface area (TPSA) is 10.4 Å². The van der Waals surface area contributed by atoms with Gasteiger partial charge < -0.3 is 9.80 Å². The molecule has 1 unspecified atom stereocenters. The standard InChI is InChI=1S/C28H30N3S/c1-4-30(5-2)27-19-21(20-28-29(3)25-17-11-12-18-26(25)32-28)23-15-9-10-16-24(23)31(27)22-13-7-6-8-14-22/h6-19,24H,4-5,20H2,1-3H3/q+1. The molecule has 5 rings (SSSR count). The molecule has 0 radical (unpaired) electrons. The first-order valence-corrected chi connectivity index (χ1v) is 12.3. The summed E-state index contributed by atoms with van der Waals surface area (Å²) in [5.74, 6) is 1.29. The number of aryl methyl sites for hydroxylation is 1. The van der Waals surface area contributed by atoms with E-state index in [0.717, 1.165) is 19.5 Å². The van der Waals surface area contributed by atoms with Crippen LogP contribution in [0.1, 0.15) is 18.9 Å². The molecule has 0 fully saturated rings. The molecule has 3 aromatic rings. The Kier molecular flexibility index (Phi) is 5.71. The first kappa shape index (κ1) is 20.8. The zero-order valence-electron chi connectivity index (χ0n) is 19.0. The Hall–Kier alpha value is -3.11. The molecular formula is C28H30N3S+. The smallest absolute Gasteiger partial charge is 0.242 e. The number of fused-ring (bicyclic) bond motifs is 2. The largest absolute Gasteiger partial charge is 0.359 e. The maximum absolute atomic E-state index is 2.50. The summed E-state index contributed by atoms with van der Waals surface area (Å²) in [5, 5.41) is 1.39. The lowest BCUT2D eigenvalue weighted by atomic mass is 9.89. The van der Waals surface area contributed by atoms with E-state index >= 15 is 0 Å². The number of benzene rings is 2. The van der Waals surface area contributed by atoms with Gasteiger partial charge in [0.05, 0.1) is 12.5 Å². The molecule has 1 atom stereocenters. The predicted octanol–water partition coefficient (Wildman–Crippen LogP) is 5.76. The molecule has 4 heteroatoms. The molecule has 162 valence electrons. The summed E-state index contributed by atoms with van der Waals surface area (Å²) in [7, 11) is 2.20. The van der Waals surface area contributed by atoms with E-state index in [4.69, 9.17) is 0 Å². The van der Waals surface area contributed by atoms with Crippen LogP contribution >= 0.6 is 11.3 Å².